The van der Waals surface area contributed by atoms with E-state index in [9.17, 15) is 13.6 Å². The van der Waals surface area contributed by atoms with Crippen molar-refractivity contribution in [2.24, 2.45) is 7.05 Å². The molecular weight excluding hydrogens is 328 g/mol. The molecule has 0 radical (unpaired) electrons. The number of halogens is 2. The molecule has 2 aromatic heterocycles. The van der Waals surface area contributed by atoms with Crippen molar-refractivity contribution in [1.29, 1.82) is 0 Å². The van der Waals surface area contributed by atoms with Gasteiger partial charge in [-0.25, -0.2) is 18.6 Å². The van der Waals surface area contributed by atoms with Gasteiger partial charge in [0.15, 0.2) is 5.65 Å². The highest BCUT2D eigenvalue weighted by molar-refractivity contribution is 5.72. The third kappa shape index (κ3) is 3.02. The molecule has 6 nitrogen and oxygen atoms in total. The van der Waals surface area contributed by atoms with E-state index in [2.05, 4.69) is 15.3 Å². The topological polar surface area (TPSA) is 64.7 Å². The summed E-state index contributed by atoms with van der Waals surface area (Å²) in [6.45, 7) is 0. The van der Waals surface area contributed by atoms with Crippen molar-refractivity contribution in [3.63, 3.8) is 0 Å². The van der Waals surface area contributed by atoms with Gasteiger partial charge in [-0.1, -0.05) is 12.8 Å². The first-order valence-electron chi connectivity index (χ1n) is 9.03. The average molecular weight is 351 g/mol. The number of anilines is 1. The number of hydrogen-bond acceptors (Lipinski definition) is 4. The van der Waals surface area contributed by atoms with Gasteiger partial charge in [0.2, 0.25) is 11.9 Å². The molecule has 0 saturated heterocycles. The van der Waals surface area contributed by atoms with Gasteiger partial charge in [-0.2, -0.15) is 4.98 Å². The zero-order valence-corrected chi connectivity index (χ0v) is 14.3. The largest absolute Gasteiger partial charge is 0.351 e. The van der Waals surface area contributed by atoms with E-state index in [1.165, 1.54) is 0 Å². The van der Waals surface area contributed by atoms with Gasteiger partial charge in [0.1, 0.15) is 5.52 Å². The Morgan fingerprint density at radius 2 is 1.88 bits per heavy atom. The van der Waals surface area contributed by atoms with Crippen LogP contribution in [-0.4, -0.2) is 31.1 Å². The monoisotopic (exact) mass is 351 g/mol. The molecule has 2 saturated carbocycles. The van der Waals surface area contributed by atoms with E-state index in [0.717, 1.165) is 25.7 Å². The van der Waals surface area contributed by atoms with Crippen LogP contribution in [-0.2, 0) is 7.05 Å². The maximum Gasteiger partial charge on any atom is 0.330 e. The van der Waals surface area contributed by atoms with Crippen LogP contribution in [0.25, 0.3) is 11.2 Å². The molecule has 2 aliphatic carbocycles. The van der Waals surface area contributed by atoms with Gasteiger partial charge in [0, 0.05) is 32.0 Å². The van der Waals surface area contributed by atoms with Crippen molar-refractivity contribution in [2.75, 3.05) is 5.32 Å². The van der Waals surface area contributed by atoms with Gasteiger partial charge in [-0.3, -0.25) is 9.13 Å². The molecular formula is C17H23F2N5O. The second-order valence-electron chi connectivity index (χ2n) is 7.33. The summed E-state index contributed by atoms with van der Waals surface area (Å²) in [6, 6.07) is 0.139. The van der Waals surface area contributed by atoms with E-state index in [0.29, 0.717) is 30.0 Å². The third-order valence-electron chi connectivity index (χ3n) is 5.57. The molecule has 0 aromatic carbocycles. The lowest BCUT2D eigenvalue weighted by Gasteiger charge is -2.28. The molecule has 0 spiro atoms. The Morgan fingerprint density at radius 1 is 1.20 bits per heavy atom. The lowest BCUT2D eigenvalue weighted by Crippen LogP contribution is -2.32. The molecule has 0 amide bonds. The summed E-state index contributed by atoms with van der Waals surface area (Å²) in [7, 11) is 1.73. The van der Waals surface area contributed by atoms with Crippen LogP contribution in [0.5, 0.6) is 0 Å². The van der Waals surface area contributed by atoms with E-state index in [-0.39, 0.29) is 30.6 Å². The van der Waals surface area contributed by atoms with Crippen LogP contribution in [0.15, 0.2) is 11.0 Å². The maximum absolute atomic E-state index is 13.3. The molecule has 0 unspecified atom stereocenters. The SMILES string of the molecule is Cn1c(=O)n(C2CCCC2)c2nc(NC3CCC(F)(F)CC3)ncc21. The highest BCUT2D eigenvalue weighted by atomic mass is 19.3. The Kier molecular flexibility index (Phi) is 4.00. The van der Waals surface area contributed by atoms with Crippen molar-refractivity contribution in [2.45, 2.75) is 69.4 Å². The Balaban J connectivity index is 1.63. The Bertz CT molecular complexity index is 827. The van der Waals surface area contributed by atoms with Crippen LogP contribution in [0.4, 0.5) is 14.7 Å². The first kappa shape index (κ1) is 16.5. The van der Waals surface area contributed by atoms with Crippen molar-refractivity contribution in [3.05, 3.63) is 16.7 Å². The summed E-state index contributed by atoms with van der Waals surface area (Å²) in [4.78, 5) is 21.5. The number of imidazole rings is 1. The normalized spacial score (nSPS) is 21.9. The summed E-state index contributed by atoms with van der Waals surface area (Å²) >= 11 is 0. The molecule has 2 fully saturated rings. The highest BCUT2D eigenvalue weighted by Gasteiger charge is 2.35. The zero-order valence-electron chi connectivity index (χ0n) is 14.3. The maximum atomic E-state index is 13.3. The standard InChI is InChI=1S/C17H23F2N5O/c1-23-13-10-20-15(21-11-6-8-17(18,19)9-7-11)22-14(13)24(16(23)25)12-4-2-3-5-12/h10-12H,2-9H2,1H3,(H,20,21,22). The minimum Gasteiger partial charge on any atom is -0.351 e. The van der Waals surface area contributed by atoms with Gasteiger partial charge < -0.3 is 5.32 Å². The van der Waals surface area contributed by atoms with Gasteiger partial charge in [0.25, 0.3) is 0 Å². The van der Waals surface area contributed by atoms with Gasteiger partial charge >= 0.3 is 5.69 Å². The molecule has 0 atom stereocenters. The molecule has 2 aliphatic rings. The van der Waals surface area contributed by atoms with Crippen LogP contribution < -0.4 is 11.0 Å². The quantitative estimate of drug-likeness (QED) is 0.922. The number of nitrogens with zero attached hydrogens (tertiary/aromatic N) is 4. The third-order valence-corrected chi connectivity index (χ3v) is 5.57. The number of rotatable bonds is 3. The van der Waals surface area contributed by atoms with Crippen LogP contribution in [0.1, 0.15) is 57.4 Å². The smallest absolute Gasteiger partial charge is 0.330 e. The fraction of sp³-hybridized carbons (Fsp3) is 0.706. The van der Waals surface area contributed by atoms with Crippen LogP contribution in [0.3, 0.4) is 0 Å². The average Bonchev–Trinajstić information content (AvgIpc) is 3.18. The number of nitrogens with one attached hydrogen (secondary N) is 1. The van der Waals surface area contributed by atoms with E-state index in [1.54, 1.807) is 22.4 Å². The number of aryl methyl sites for hydroxylation is 1. The first-order chi connectivity index (χ1) is 11.9. The molecule has 2 aromatic rings. The number of alkyl halides is 2. The van der Waals surface area contributed by atoms with Gasteiger partial charge in [-0.15, -0.1) is 0 Å². The predicted molar refractivity (Wildman–Crippen MR) is 91.1 cm³/mol. The Morgan fingerprint density at radius 3 is 2.56 bits per heavy atom. The van der Waals surface area contributed by atoms with Crippen molar-refractivity contribution < 1.29 is 8.78 Å². The predicted octanol–water partition coefficient (Wildman–Crippen LogP) is 3.23. The van der Waals surface area contributed by atoms with Crippen molar-refractivity contribution >= 4 is 17.1 Å². The molecule has 0 bridgehead atoms. The van der Waals surface area contributed by atoms with E-state index >= 15 is 0 Å². The Labute approximate surface area is 144 Å². The van der Waals surface area contributed by atoms with Gasteiger partial charge in [0.05, 0.1) is 6.20 Å². The van der Waals surface area contributed by atoms with E-state index < -0.39 is 5.92 Å². The number of fused-ring (bicyclic) bond motifs is 1. The van der Waals surface area contributed by atoms with Crippen LogP contribution in [0.2, 0.25) is 0 Å². The molecule has 136 valence electrons. The van der Waals surface area contributed by atoms with E-state index in [4.69, 9.17) is 0 Å². The fourth-order valence-corrected chi connectivity index (χ4v) is 4.06. The van der Waals surface area contributed by atoms with Crippen molar-refractivity contribution in [1.82, 2.24) is 19.1 Å². The fourth-order valence-electron chi connectivity index (χ4n) is 4.06. The summed E-state index contributed by atoms with van der Waals surface area (Å²) < 4.78 is 30.0. The van der Waals surface area contributed by atoms with Crippen molar-refractivity contribution in [3.8, 4) is 0 Å². The zero-order chi connectivity index (χ0) is 17.6. The molecule has 8 heteroatoms. The van der Waals surface area contributed by atoms with E-state index in [1.807, 2.05) is 0 Å². The van der Waals surface area contributed by atoms with Crippen LogP contribution in [0, 0.1) is 0 Å². The molecule has 2 heterocycles. The summed E-state index contributed by atoms with van der Waals surface area (Å²) in [5, 5.41) is 3.18. The summed E-state index contributed by atoms with van der Waals surface area (Å²) in [5.41, 5.74) is 1.28. The number of hydrogen-bond donors (Lipinski definition) is 1. The summed E-state index contributed by atoms with van der Waals surface area (Å²) in [6.07, 6.45) is 6.47. The minimum absolute atomic E-state index is 0.0487. The highest BCUT2D eigenvalue weighted by Crippen LogP contribution is 2.34. The first-order valence-corrected chi connectivity index (χ1v) is 9.03. The lowest BCUT2D eigenvalue weighted by atomic mass is 9.92. The van der Waals surface area contributed by atoms with Crippen LogP contribution >= 0.6 is 0 Å². The molecule has 25 heavy (non-hydrogen) atoms. The molecule has 1 N–H and O–H groups in total. The lowest BCUT2D eigenvalue weighted by molar-refractivity contribution is -0.0361. The molecule has 4 rings (SSSR count). The summed E-state index contributed by atoms with van der Waals surface area (Å²) in [5.74, 6) is -2.13. The second kappa shape index (κ2) is 6.07. The Hall–Kier alpha value is -1.99. The minimum atomic E-state index is -2.55. The number of aromatic nitrogens is 4. The molecule has 0 aliphatic heterocycles. The van der Waals surface area contributed by atoms with Gasteiger partial charge in [-0.05, 0) is 25.7 Å². The second-order valence-corrected chi connectivity index (χ2v) is 7.33.